The van der Waals surface area contributed by atoms with E-state index in [0.29, 0.717) is 19.1 Å². The summed E-state index contributed by atoms with van der Waals surface area (Å²) >= 11 is 0. The fraction of sp³-hybridized carbons (Fsp3) is 0.909. The van der Waals surface area contributed by atoms with Gasteiger partial charge in [0.05, 0.1) is 6.61 Å². The van der Waals surface area contributed by atoms with Crippen LogP contribution in [0.25, 0.3) is 0 Å². The van der Waals surface area contributed by atoms with Gasteiger partial charge in [-0.3, -0.25) is 4.79 Å². The quantitative estimate of drug-likeness (QED) is 0.680. The summed E-state index contributed by atoms with van der Waals surface area (Å²) < 4.78 is 5.01. The van der Waals surface area contributed by atoms with E-state index in [0.717, 1.165) is 25.8 Å². The molecular weight excluding hydrogens is 192 g/mol. The normalized spacial score (nSPS) is 17.5. The molecule has 1 aliphatic carbocycles. The highest BCUT2D eigenvalue weighted by Crippen LogP contribution is 2.27. The monoisotopic (exact) mass is 214 g/mol. The molecular formula is C11H22N2O2. The van der Waals surface area contributed by atoms with Crippen LogP contribution in [0, 0.1) is 0 Å². The zero-order chi connectivity index (χ0) is 11.3. The molecule has 0 heterocycles. The van der Waals surface area contributed by atoms with Gasteiger partial charge in [-0.1, -0.05) is 0 Å². The van der Waals surface area contributed by atoms with Crippen molar-refractivity contribution in [2.24, 2.45) is 5.73 Å². The minimum absolute atomic E-state index is 0.109. The standard InChI is InChI=1S/C11H22N2O2/c1-9(12)3-6-11(14)13(7-8-15-2)10-4-5-10/h9-10H,3-8,12H2,1-2H3. The molecule has 1 unspecified atom stereocenters. The average Bonchev–Trinajstić information content (AvgIpc) is 2.99. The Morgan fingerprint density at radius 2 is 2.27 bits per heavy atom. The van der Waals surface area contributed by atoms with Gasteiger partial charge in [-0.15, -0.1) is 0 Å². The van der Waals surface area contributed by atoms with Crippen LogP contribution < -0.4 is 5.73 Å². The van der Waals surface area contributed by atoms with Crippen molar-refractivity contribution in [1.82, 2.24) is 4.90 Å². The summed E-state index contributed by atoms with van der Waals surface area (Å²) in [6, 6.07) is 0.582. The van der Waals surface area contributed by atoms with Gasteiger partial charge in [0.15, 0.2) is 0 Å². The molecule has 15 heavy (non-hydrogen) atoms. The number of carbonyl (C=O) groups excluding carboxylic acids is 1. The number of nitrogens with zero attached hydrogens (tertiary/aromatic N) is 1. The molecule has 1 amide bonds. The molecule has 2 N–H and O–H groups in total. The average molecular weight is 214 g/mol. The maximum atomic E-state index is 11.8. The molecule has 1 aliphatic rings. The Morgan fingerprint density at radius 1 is 1.60 bits per heavy atom. The molecule has 88 valence electrons. The molecule has 4 nitrogen and oxygen atoms in total. The highest BCUT2D eigenvalue weighted by Gasteiger charge is 2.31. The lowest BCUT2D eigenvalue weighted by Crippen LogP contribution is -2.36. The first-order valence-electron chi connectivity index (χ1n) is 5.69. The van der Waals surface area contributed by atoms with Gasteiger partial charge in [-0.2, -0.15) is 0 Å². The molecule has 1 rings (SSSR count). The fourth-order valence-electron chi connectivity index (χ4n) is 1.58. The van der Waals surface area contributed by atoms with Crippen molar-refractivity contribution in [3.8, 4) is 0 Å². The number of amides is 1. The maximum Gasteiger partial charge on any atom is 0.222 e. The lowest BCUT2D eigenvalue weighted by molar-refractivity contribution is -0.132. The largest absolute Gasteiger partial charge is 0.383 e. The van der Waals surface area contributed by atoms with Gasteiger partial charge >= 0.3 is 0 Å². The van der Waals surface area contributed by atoms with E-state index in [4.69, 9.17) is 10.5 Å². The summed E-state index contributed by atoms with van der Waals surface area (Å²) in [4.78, 5) is 13.8. The summed E-state index contributed by atoms with van der Waals surface area (Å²) in [7, 11) is 1.66. The van der Waals surface area contributed by atoms with Crippen molar-refractivity contribution in [3.05, 3.63) is 0 Å². The van der Waals surface area contributed by atoms with Crippen LogP contribution in [0.2, 0.25) is 0 Å². The van der Waals surface area contributed by atoms with Crippen molar-refractivity contribution >= 4 is 5.91 Å². The van der Waals surface area contributed by atoms with Crippen molar-refractivity contribution in [1.29, 1.82) is 0 Å². The second kappa shape index (κ2) is 6.08. The molecule has 0 spiro atoms. The highest BCUT2D eigenvalue weighted by molar-refractivity contribution is 5.76. The molecule has 0 radical (unpaired) electrons. The first-order valence-corrected chi connectivity index (χ1v) is 5.69. The van der Waals surface area contributed by atoms with Gasteiger partial charge < -0.3 is 15.4 Å². The second-order valence-corrected chi connectivity index (χ2v) is 4.33. The van der Waals surface area contributed by atoms with Crippen LogP contribution in [-0.4, -0.2) is 43.2 Å². The van der Waals surface area contributed by atoms with Gasteiger partial charge in [0.2, 0.25) is 5.91 Å². The summed E-state index contributed by atoms with van der Waals surface area (Å²) in [5.74, 6) is 0.229. The molecule has 1 fully saturated rings. The van der Waals surface area contributed by atoms with Crippen molar-refractivity contribution in [2.45, 2.75) is 44.7 Å². The molecule has 4 heteroatoms. The number of carbonyl (C=O) groups is 1. The highest BCUT2D eigenvalue weighted by atomic mass is 16.5. The van der Waals surface area contributed by atoms with E-state index in [1.165, 1.54) is 0 Å². The molecule has 0 aromatic rings. The number of rotatable bonds is 7. The predicted octanol–water partition coefficient (Wildman–Crippen LogP) is 0.751. The number of hydrogen-bond donors (Lipinski definition) is 1. The second-order valence-electron chi connectivity index (χ2n) is 4.33. The van der Waals surface area contributed by atoms with E-state index < -0.39 is 0 Å². The third-order valence-corrected chi connectivity index (χ3v) is 2.66. The predicted molar refractivity (Wildman–Crippen MR) is 59.5 cm³/mol. The van der Waals surface area contributed by atoms with E-state index >= 15 is 0 Å². The minimum Gasteiger partial charge on any atom is -0.383 e. The minimum atomic E-state index is 0.109. The molecule has 1 saturated carbocycles. The first kappa shape index (κ1) is 12.5. The van der Waals surface area contributed by atoms with Crippen LogP contribution in [0.3, 0.4) is 0 Å². The Balaban J connectivity index is 2.30. The van der Waals surface area contributed by atoms with E-state index in [1.807, 2.05) is 11.8 Å². The van der Waals surface area contributed by atoms with E-state index in [2.05, 4.69) is 0 Å². The third-order valence-electron chi connectivity index (χ3n) is 2.66. The lowest BCUT2D eigenvalue weighted by Gasteiger charge is -2.22. The maximum absolute atomic E-state index is 11.8. The van der Waals surface area contributed by atoms with Crippen LogP contribution in [-0.2, 0) is 9.53 Å². The third kappa shape index (κ3) is 4.62. The van der Waals surface area contributed by atoms with E-state index in [-0.39, 0.29) is 11.9 Å². The number of methoxy groups -OCH3 is 1. The summed E-state index contributed by atoms with van der Waals surface area (Å²) in [6.45, 7) is 3.28. The Hall–Kier alpha value is -0.610. The Bertz CT molecular complexity index is 203. The zero-order valence-electron chi connectivity index (χ0n) is 9.74. The van der Waals surface area contributed by atoms with Crippen LogP contribution in [0.5, 0.6) is 0 Å². The Labute approximate surface area is 91.8 Å². The van der Waals surface area contributed by atoms with Crippen LogP contribution in [0.1, 0.15) is 32.6 Å². The van der Waals surface area contributed by atoms with Crippen LogP contribution >= 0.6 is 0 Å². The van der Waals surface area contributed by atoms with Gasteiger partial charge in [0.25, 0.3) is 0 Å². The topological polar surface area (TPSA) is 55.6 Å². The molecule has 0 aliphatic heterocycles. The van der Waals surface area contributed by atoms with Crippen LogP contribution in [0.4, 0.5) is 0 Å². The Kier molecular flexibility index (Phi) is 5.05. The molecule has 0 bridgehead atoms. The van der Waals surface area contributed by atoms with Gasteiger partial charge in [-0.25, -0.2) is 0 Å². The summed E-state index contributed by atoms with van der Waals surface area (Å²) in [5, 5.41) is 0. The fourth-order valence-corrected chi connectivity index (χ4v) is 1.58. The van der Waals surface area contributed by atoms with E-state index in [9.17, 15) is 4.79 Å². The number of ether oxygens (including phenoxy) is 1. The zero-order valence-corrected chi connectivity index (χ0v) is 9.74. The smallest absolute Gasteiger partial charge is 0.222 e. The molecule has 0 aromatic heterocycles. The first-order chi connectivity index (χ1) is 7.15. The van der Waals surface area contributed by atoms with Crippen LogP contribution in [0.15, 0.2) is 0 Å². The molecule has 0 aromatic carbocycles. The summed E-state index contributed by atoms with van der Waals surface area (Å²) in [6.07, 6.45) is 3.63. The summed E-state index contributed by atoms with van der Waals surface area (Å²) in [5.41, 5.74) is 5.64. The van der Waals surface area contributed by atoms with Crippen molar-refractivity contribution in [3.63, 3.8) is 0 Å². The van der Waals surface area contributed by atoms with Gasteiger partial charge in [0, 0.05) is 32.2 Å². The lowest BCUT2D eigenvalue weighted by atomic mass is 10.2. The van der Waals surface area contributed by atoms with E-state index in [1.54, 1.807) is 7.11 Å². The molecule has 1 atom stereocenters. The SMILES string of the molecule is COCCN(C(=O)CCC(C)N)C1CC1. The molecule has 0 saturated heterocycles. The Morgan fingerprint density at radius 3 is 2.73 bits per heavy atom. The van der Waals surface area contributed by atoms with Gasteiger partial charge in [0.1, 0.15) is 0 Å². The van der Waals surface area contributed by atoms with Crippen molar-refractivity contribution < 1.29 is 9.53 Å². The van der Waals surface area contributed by atoms with Crippen molar-refractivity contribution in [2.75, 3.05) is 20.3 Å². The number of hydrogen-bond acceptors (Lipinski definition) is 3. The van der Waals surface area contributed by atoms with Gasteiger partial charge in [-0.05, 0) is 26.2 Å². The number of nitrogens with two attached hydrogens (primary N) is 1.